The molecule has 0 aromatic carbocycles. The van der Waals surface area contributed by atoms with Gasteiger partial charge in [0.1, 0.15) is 0 Å². The van der Waals surface area contributed by atoms with Crippen LogP contribution in [0.25, 0.3) is 0 Å². The molecule has 0 aliphatic carbocycles. The molecule has 100 valence electrons. The van der Waals surface area contributed by atoms with Gasteiger partial charge in [-0.25, -0.2) is 0 Å². The van der Waals surface area contributed by atoms with Crippen LogP contribution in [0.5, 0.6) is 0 Å². The van der Waals surface area contributed by atoms with Gasteiger partial charge in [0.15, 0.2) is 0 Å². The molecule has 0 aromatic rings. The standard InChI is InChI=1S/C14H28N2O/c1-12(9-14-6-2-3-7-15-14)16-10-13-5-4-8-17-11-13/h12-16H,2-11H2,1H3. The van der Waals surface area contributed by atoms with Gasteiger partial charge in [0.2, 0.25) is 0 Å². The Labute approximate surface area is 106 Å². The first-order valence-corrected chi connectivity index (χ1v) is 7.39. The van der Waals surface area contributed by atoms with Crippen molar-refractivity contribution < 1.29 is 4.74 Å². The van der Waals surface area contributed by atoms with Gasteiger partial charge in [-0.1, -0.05) is 6.42 Å². The first-order chi connectivity index (χ1) is 8.34. The van der Waals surface area contributed by atoms with Gasteiger partial charge in [-0.15, -0.1) is 0 Å². The van der Waals surface area contributed by atoms with E-state index in [1.54, 1.807) is 0 Å². The molecule has 0 radical (unpaired) electrons. The van der Waals surface area contributed by atoms with Gasteiger partial charge in [-0.05, 0) is 51.5 Å². The van der Waals surface area contributed by atoms with Crippen LogP contribution >= 0.6 is 0 Å². The lowest BCUT2D eigenvalue weighted by Crippen LogP contribution is -2.41. The second-order valence-corrected chi connectivity index (χ2v) is 5.77. The molecule has 2 saturated heterocycles. The topological polar surface area (TPSA) is 33.3 Å². The summed E-state index contributed by atoms with van der Waals surface area (Å²) in [4.78, 5) is 0. The third-order valence-corrected chi connectivity index (χ3v) is 4.06. The van der Waals surface area contributed by atoms with E-state index in [9.17, 15) is 0 Å². The molecule has 0 bridgehead atoms. The van der Waals surface area contributed by atoms with E-state index in [0.29, 0.717) is 6.04 Å². The molecule has 17 heavy (non-hydrogen) atoms. The largest absolute Gasteiger partial charge is 0.381 e. The van der Waals surface area contributed by atoms with Crippen molar-refractivity contribution in [2.24, 2.45) is 5.92 Å². The summed E-state index contributed by atoms with van der Waals surface area (Å²) in [6.07, 6.45) is 7.97. The normalized spacial score (nSPS) is 32.3. The average molecular weight is 240 g/mol. The second kappa shape index (κ2) is 7.34. The summed E-state index contributed by atoms with van der Waals surface area (Å²) >= 11 is 0. The Balaban J connectivity index is 1.57. The zero-order valence-corrected chi connectivity index (χ0v) is 11.2. The van der Waals surface area contributed by atoms with Gasteiger partial charge in [-0.2, -0.15) is 0 Å². The lowest BCUT2D eigenvalue weighted by molar-refractivity contribution is 0.0537. The molecule has 0 amide bonds. The van der Waals surface area contributed by atoms with E-state index in [-0.39, 0.29) is 0 Å². The molecule has 0 aromatic heterocycles. The van der Waals surface area contributed by atoms with Crippen LogP contribution in [0.1, 0.15) is 45.4 Å². The van der Waals surface area contributed by atoms with Gasteiger partial charge in [0.25, 0.3) is 0 Å². The van der Waals surface area contributed by atoms with E-state index in [1.807, 2.05) is 0 Å². The van der Waals surface area contributed by atoms with E-state index in [4.69, 9.17) is 4.74 Å². The number of nitrogens with one attached hydrogen (secondary N) is 2. The summed E-state index contributed by atoms with van der Waals surface area (Å²) < 4.78 is 5.51. The summed E-state index contributed by atoms with van der Waals surface area (Å²) in [5, 5.41) is 7.30. The first-order valence-electron chi connectivity index (χ1n) is 7.39. The van der Waals surface area contributed by atoms with E-state index < -0.39 is 0 Å². The molecule has 3 atom stereocenters. The Morgan fingerprint density at radius 2 is 2.24 bits per heavy atom. The number of piperidine rings is 1. The molecule has 2 aliphatic rings. The first kappa shape index (κ1) is 13.3. The predicted molar refractivity (Wildman–Crippen MR) is 71.3 cm³/mol. The van der Waals surface area contributed by atoms with Crippen LogP contribution in [-0.4, -0.2) is 38.4 Å². The smallest absolute Gasteiger partial charge is 0.0506 e. The molecule has 0 saturated carbocycles. The third-order valence-electron chi connectivity index (χ3n) is 4.06. The highest BCUT2D eigenvalue weighted by atomic mass is 16.5. The molecular weight excluding hydrogens is 212 g/mol. The summed E-state index contributed by atoms with van der Waals surface area (Å²) in [7, 11) is 0. The van der Waals surface area contributed by atoms with Gasteiger partial charge in [-0.3, -0.25) is 0 Å². The highest BCUT2D eigenvalue weighted by molar-refractivity contribution is 4.78. The molecule has 3 heteroatoms. The van der Waals surface area contributed by atoms with Crippen molar-refractivity contribution >= 4 is 0 Å². The molecule has 0 spiro atoms. The minimum Gasteiger partial charge on any atom is -0.381 e. The lowest BCUT2D eigenvalue weighted by atomic mass is 9.97. The maximum absolute atomic E-state index is 5.51. The van der Waals surface area contributed by atoms with E-state index in [0.717, 1.165) is 31.7 Å². The summed E-state index contributed by atoms with van der Waals surface area (Å²) in [5.74, 6) is 0.741. The molecule has 2 heterocycles. The van der Waals surface area contributed by atoms with Crippen molar-refractivity contribution in [3.63, 3.8) is 0 Å². The second-order valence-electron chi connectivity index (χ2n) is 5.77. The third kappa shape index (κ3) is 4.94. The number of ether oxygens (including phenoxy) is 1. The van der Waals surface area contributed by atoms with Gasteiger partial charge < -0.3 is 15.4 Å². The van der Waals surface area contributed by atoms with Gasteiger partial charge >= 0.3 is 0 Å². The summed E-state index contributed by atoms with van der Waals surface area (Å²) in [6, 6.07) is 1.38. The van der Waals surface area contributed by atoms with Crippen LogP contribution < -0.4 is 10.6 Å². The maximum atomic E-state index is 5.51. The van der Waals surface area contributed by atoms with E-state index in [1.165, 1.54) is 45.1 Å². The van der Waals surface area contributed by atoms with Crippen LogP contribution in [0.4, 0.5) is 0 Å². The van der Waals surface area contributed by atoms with E-state index >= 15 is 0 Å². The molecular formula is C14H28N2O. The van der Waals surface area contributed by atoms with Crippen LogP contribution in [0.15, 0.2) is 0 Å². The van der Waals surface area contributed by atoms with Gasteiger partial charge in [0.05, 0.1) is 6.61 Å². The van der Waals surface area contributed by atoms with Crippen LogP contribution in [-0.2, 0) is 4.74 Å². The predicted octanol–water partition coefficient (Wildman–Crippen LogP) is 1.92. The summed E-state index contributed by atoms with van der Waals surface area (Å²) in [5.41, 5.74) is 0. The van der Waals surface area contributed by atoms with Crippen molar-refractivity contribution in [1.82, 2.24) is 10.6 Å². The molecule has 2 rings (SSSR count). The Kier molecular flexibility index (Phi) is 5.75. The Bertz CT molecular complexity index is 198. The minimum absolute atomic E-state index is 0.632. The van der Waals surface area contributed by atoms with Crippen molar-refractivity contribution in [2.75, 3.05) is 26.3 Å². The minimum atomic E-state index is 0.632. The Morgan fingerprint density at radius 1 is 1.29 bits per heavy atom. The van der Waals surface area contributed by atoms with Crippen molar-refractivity contribution in [1.29, 1.82) is 0 Å². The number of hydrogen-bond donors (Lipinski definition) is 2. The van der Waals surface area contributed by atoms with Crippen LogP contribution in [0.3, 0.4) is 0 Å². The monoisotopic (exact) mass is 240 g/mol. The Hall–Kier alpha value is -0.120. The Morgan fingerprint density at radius 3 is 2.94 bits per heavy atom. The molecule has 2 fully saturated rings. The van der Waals surface area contributed by atoms with Crippen molar-refractivity contribution in [3.8, 4) is 0 Å². The fourth-order valence-corrected chi connectivity index (χ4v) is 2.97. The molecule has 3 nitrogen and oxygen atoms in total. The summed E-state index contributed by atoms with van der Waals surface area (Å²) in [6.45, 7) is 6.60. The molecule has 2 N–H and O–H groups in total. The number of hydrogen-bond acceptors (Lipinski definition) is 3. The lowest BCUT2D eigenvalue weighted by Gasteiger charge is -2.28. The SMILES string of the molecule is CC(CC1CCCCN1)NCC1CCCOC1. The zero-order chi connectivity index (χ0) is 11.9. The fourth-order valence-electron chi connectivity index (χ4n) is 2.97. The van der Waals surface area contributed by atoms with Crippen LogP contribution in [0.2, 0.25) is 0 Å². The van der Waals surface area contributed by atoms with E-state index in [2.05, 4.69) is 17.6 Å². The van der Waals surface area contributed by atoms with Gasteiger partial charge in [0, 0.05) is 25.2 Å². The zero-order valence-electron chi connectivity index (χ0n) is 11.2. The number of rotatable bonds is 5. The highest BCUT2D eigenvalue weighted by Gasteiger charge is 2.18. The molecule has 2 aliphatic heterocycles. The highest BCUT2D eigenvalue weighted by Crippen LogP contribution is 2.14. The van der Waals surface area contributed by atoms with Crippen LogP contribution in [0, 0.1) is 5.92 Å². The molecule has 3 unspecified atom stereocenters. The van der Waals surface area contributed by atoms with Crippen molar-refractivity contribution in [3.05, 3.63) is 0 Å². The average Bonchev–Trinajstić information content (AvgIpc) is 2.39. The van der Waals surface area contributed by atoms with Crippen molar-refractivity contribution in [2.45, 2.75) is 57.5 Å². The fraction of sp³-hybridized carbons (Fsp3) is 1.00. The maximum Gasteiger partial charge on any atom is 0.0506 e. The quantitative estimate of drug-likeness (QED) is 0.770.